The molecular weight excluding hydrogens is 669 g/mol. The van der Waals surface area contributed by atoms with Gasteiger partial charge < -0.3 is 9.15 Å². The molecule has 1 fully saturated rings. The molecule has 0 saturated heterocycles. The number of pyridine rings is 3. The highest BCUT2D eigenvalue weighted by Gasteiger charge is 2.30. The SMILES string of the molecule is Cc1ccc2c(n1)oc1c(Oc3ccc4c(c3)n(-c3cc(C)c(C)cn3)c3nc5ccccc5n43)cc(-c3cc4c(cn3)CC(C3CCCCC3)C4)cc12. The molecule has 9 aromatic rings. The topological polar surface area (TPSA) is 83.3 Å². The van der Waals surface area contributed by atoms with Crippen molar-refractivity contribution < 1.29 is 9.15 Å². The second-order valence-corrected chi connectivity index (χ2v) is 15.6. The first-order chi connectivity index (χ1) is 26.4. The molecule has 3 aromatic carbocycles. The van der Waals surface area contributed by atoms with Crippen LogP contribution in [0.25, 0.3) is 67.0 Å². The molecule has 2 aliphatic rings. The normalized spacial score (nSPS) is 16.4. The van der Waals surface area contributed by atoms with Gasteiger partial charge in [-0.25, -0.2) is 15.0 Å². The minimum absolute atomic E-state index is 0.600. The van der Waals surface area contributed by atoms with Crippen molar-refractivity contribution in [1.29, 1.82) is 0 Å². The number of hydrogen-bond donors (Lipinski definition) is 0. The summed E-state index contributed by atoms with van der Waals surface area (Å²) >= 11 is 0. The van der Waals surface area contributed by atoms with E-state index in [4.69, 9.17) is 29.1 Å². The third-order valence-electron chi connectivity index (χ3n) is 12.2. The van der Waals surface area contributed by atoms with Crippen molar-refractivity contribution in [2.75, 3.05) is 0 Å². The van der Waals surface area contributed by atoms with Crippen LogP contribution >= 0.6 is 0 Å². The maximum absolute atomic E-state index is 6.89. The van der Waals surface area contributed by atoms with Crippen molar-refractivity contribution in [1.82, 2.24) is 28.9 Å². The van der Waals surface area contributed by atoms with Crippen molar-refractivity contribution in [3.05, 3.63) is 119 Å². The Kier molecular flexibility index (Phi) is 7.00. The number of hydrogen-bond acceptors (Lipinski definition) is 6. The van der Waals surface area contributed by atoms with Crippen LogP contribution < -0.4 is 4.74 Å². The van der Waals surface area contributed by atoms with E-state index in [9.17, 15) is 0 Å². The van der Waals surface area contributed by atoms with Gasteiger partial charge in [-0.3, -0.25) is 14.0 Å². The van der Waals surface area contributed by atoms with Crippen LogP contribution in [0.2, 0.25) is 0 Å². The molecule has 1 saturated carbocycles. The maximum Gasteiger partial charge on any atom is 0.227 e. The van der Waals surface area contributed by atoms with E-state index >= 15 is 0 Å². The number of imidazole rings is 2. The Bertz CT molecular complexity index is 2960. The van der Waals surface area contributed by atoms with Crippen LogP contribution in [0.1, 0.15) is 60.1 Å². The number of aryl methyl sites for hydroxylation is 3. The Labute approximate surface area is 312 Å². The first-order valence-electron chi connectivity index (χ1n) is 19.3. The number of para-hydroxylation sites is 2. The summed E-state index contributed by atoms with van der Waals surface area (Å²) in [5, 5.41) is 1.92. The zero-order chi connectivity index (χ0) is 36.1. The highest BCUT2D eigenvalue weighted by molar-refractivity contribution is 6.07. The van der Waals surface area contributed by atoms with Crippen LogP contribution in [0.5, 0.6) is 11.5 Å². The Morgan fingerprint density at radius 2 is 1.57 bits per heavy atom. The first-order valence-corrected chi connectivity index (χ1v) is 19.3. The monoisotopic (exact) mass is 708 g/mol. The Morgan fingerprint density at radius 3 is 2.46 bits per heavy atom. The van der Waals surface area contributed by atoms with Crippen LogP contribution in [0.15, 0.2) is 95.7 Å². The molecule has 0 N–H and O–H groups in total. The van der Waals surface area contributed by atoms with Gasteiger partial charge in [-0.2, -0.15) is 0 Å². The maximum atomic E-state index is 6.89. The summed E-state index contributed by atoms with van der Waals surface area (Å²) in [6.07, 6.45) is 13.2. The van der Waals surface area contributed by atoms with Crippen LogP contribution in [0, 0.1) is 32.6 Å². The first kappa shape index (κ1) is 31.5. The van der Waals surface area contributed by atoms with E-state index in [1.807, 2.05) is 31.3 Å². The standard InChI is InChI=1S/C46H40N6O2/c1-26-17-43(48-24-27(26)2)52-41-23-34(14-16-40(41)51-39-12-8-7-11-37(39)50-46(51)52)53-42-22-32(20-36-35-15-13-28(3)49-45(35)54-44(36)42)38-21-31-18-30(19-33(31)25-47-38)29-9-5-4-6-10-29/h7-8,11-17,20-25,29-30H,4-6,9-10,18-19H2,1-3H3. The molecule has 6 aromatic heterocycles. The van der Waals surface area contributed by atoms with Crippen molar-refractivity contribution in [2.45, 2.75) is 65.7 Å². The lowest BCUT2D eigenvalue weighted by molar-refractivity contribution is 0.255. The average molecular weight is 709 g/mol. The molecule has 54 heavy (non-hydrogen) atoms. The summed E-state index contributed by atoms with van der Waals surface area (Å²) in [7, 11) is 0. The van der Waals surface area contributed by atoms with Crippen molar-refractivity contribution in [3.63, 3.8) is 0 Å². The van der Waals surface area contributed by atoms with Gasteiger partial charge >= 0.3 is 0 Å². The summed E-state index contributed by atoms with van der Waals surface area (Å²) in [4.78, 5) is 19.8. The largest absolute Gasteiger partial charge is 0.453 e. The van der Waals surface area contributed by atoms with E-state index in [-0.39, 0.29) is 0 Å². The predicted molar refractivity (Wildman–Crippen MR) is 214 cm³/mol. The Hall–Kier alpha value is -6.02. The number of ether oxygens (including phenoxy) is 1. The van der Waals surface area contributed by atoms with Gasteiger partial charge in [0, 0.05) is 40.5 Å². The van der Waals surface area contributed by atoms with E-state index in [0.717, 1.165) is 91.6 Å². The summed E-state index contributed by atoms with van der Waals surface area (Å²) in [6, 6.07) is 27.3. The van der Waals surface area contributed by atoms with Gasteiger partial charge in [0.1, 0.15) is 11.6 Å². The molecule has 0 spiro atoms. The van der Waals surface area contributed by atoms with Gasteiger partial charge in [0.25, 0.3) is 0 Å². The van der Waals surface area contributed by atoms with Gasteiger partial charge in [0.05, 0.1) is 27.8 Å². The highest BCUT2D eigenvalue weighted by atomic mass is 16.5. The highest BCUT2D eigenvalue weighted by Crippen LogP contribution is 2.43. The van der Waals surface area contributed by atoms with Crippen LogP contribution in [-0.4, -0.2) is 28.9 Å². The summed E-state index contributed by atoms with van der Waals surface area (Å²) in [5.41, 5.74) is 13.2. The molecule has 0 amide bonds. The predicted octanol–water partition coefficient (Wildman–Crippen LogP) is 11.2. The number of furan rings is 1. The van der Waals surface area contributed by atoms with E-state index < -0.39 is 0 Å². The number of aromatic nitrogens is 6. The molecule has 0 radical (unpaired) electrons. The van der Waals surface area contributed by atoms with Gasteiger partial charge in [0.15, 0.2) is 11.3 Å². The van der Waals surface area contributed by atoms with Crippen LogP contribution in [0.3, 0.4) is 0 Å². The quantitative estimate of drug-likeness (QED) is 0.177. The second-order valence-electron chi connectivity index (χ2n) is 15.6. The zero-order valence-electron chi connectivity index (χ0n) is 30.8. The molecule has 1 unspecified atom stereocenters. The van der Waals surface area contributed by atoms with Crippen molar-refractivity contribution >= 4 is 49.9 Å². The Morgan fingerprint density at radius 1 is 0.704 bits per heavy atom. The number of benzene rings is 3. The molecule has 266 valence electrons. The summed E-state index contributed by atoms with van der Waals surface area (Å²) in [6.45, 7) is 6.19. The van der Waals surface area contributed by atoms with E-state index in [1.165, 1.54) is 48.8 Å². The van der Waals surface area contributed by atoms with E-state index in [1.54, 1.807) is 0 Å². The molecule has 0 bridgehead atoms. The molecule has 11 rings (SSSR count). The molecule has 6 heterocycles. The second kappa shape index (κ2) is 12.0. The zero-order valence-corrected chi connectivity index (χ0v) is 30.8. The third kappa shape index (κ3) is 4.96. The average Bonchev–Trinajstić information content (AvgIpc) is 3.95. The van der Waals surface area contributed by atoms with Gasteiger partial charge in [-0.15, -0.1) is 0 Å². The summed E-state index contributed by atoms with van der Waals surface area (Å²) in [5.74, 6) is 4.49. The Balaban J connectivity index is 1.05. The number of rotatable bonds is 5. The molecule has 0 aliphatic heterocycles. The fourth-order valence-corrected chi connectivity index (χ4v) is 9.20. The third-order valence-corrected chi connectivity index (χ3v) is 12.2. The van der Waals surface area contributed by atoms with Crippen molar-refractivity contribution in [2.24, 2.45) is 11.8 Å². The lowest BCUT2D eigenvalue weighted by atomic mass is 9.79. The molecule has 2 aliphatic carbocycles. The van der Waals surface area contributed by atoms with Gasteiger partial charge in [-0.1, -0.05) is 44.2 Å². The smallest absolute Gasteiger partial charge is 0.227 e. The molecule has 8 heteroatoms. The lowest BCUT2D eigenvalue weighted by Crippen LogP contribution is -2.18. The minimum Gasteiger partial charge on any atom is -0.453 e. The molecular formula is C46H40N6O2. The van der Waals surface area contributed by atoms with Crippen LogP contribution in [-0.2, 0) is 12.8 Å². The summed E-state index contributed by atoms with van der Waals surface area (Å²) < 4.78 is 17.7. The number of nitrogens with zero attached hydrogens (tertiary/aromatic N) is 6. The van der Waals surface area contributed by atoms with E-state index in [0.29, 0.717) is 22.8 Å². The van der Waals surface area contributed by atoms with Gasteiger partial charge in [0.2, 0.25) is 11.5 Å². The lowest BCUT2D eigenvalue weighted by Gasteiger charge is -2.27. The minimum atomic E-state index is 0.600. The fraction of sp³-hybridized carbons (Fsp3) is 0.261. The van der Waals surface area contributed by atoms with Crippen LogP contribution in [0.4, 0.5) is 0 Å². The molecule has 8 nitrogen and oxygen atoms in total. The van der Waals surface area contributed by atoms with Crippen molar-refractivity contribution in [3.8, 4) is 28.6 Å². The number of fused-ring (bicyclic) bond motifs is 9. The van der Waals surface area contributed by atoms with E-state index in [2.05, 4.69) is 89.7 Å². The fourth-order valence-electron chi connectivity index (χ4n) is 9.20. The molecule has 1 atom stereocenters. The van der Waals surface area contributed by atoms with Gasteiger partial charge in [-0.05, 0) is 128 Å².